The van der Waals surface area contributed by atoms with Crippen LogP contribution in [0, 0.1) is 0 Å². The second-order valence-electron chi connectivity index (χ2n) is 4.70. The zero-order valence-electron chi connectivity index (χ0n) is 11.2. The van der Waals surface area contributed by atoms with E-state index < -0.39 is 24.4 Å². The molecule has 1 heterocycles. The topological polar surface area (TPSA) is 47.6 Å². The smallest absolute Gasteiger partial charge is 0.377 e. The lowest BCUT2D eigenvalue weighted by atomic mass is 10.1. The van der Waals surface area contributed by atoms with Crippen LogP contribution in [0.15, 0.2) is 24.3 Å². The number of halogens is 2. The van der Waals surface area contributed by atoms with Gasteiger partial charge in [-0.3, -0.25) is 0 Å². The van der Waals surface area contributed by atoms with Gasteiger partial charge in [-0.2, -0.15) is 8.78 Å². The zero-order valence-corrected chi connectivity index (χ0v) is 11.2. The summed E-state index contributed by atoms with van der Waals surface area (Å²) in [4.78, 5) is 10.8. The minimum Gasteiger partial charge on any atom is -0.496 e. The van der Waals surface area contributed by atoms with Crippen LogP contribution in [-0.2, 0) is 16.0 Å². The number of para-hydroxylation sites is 1. The molecule has 0 radical (unpaired) electrons. The van der Waals surface area contributed by atoms with Crippen molar-refractivity contribution in [3.05, 3.63) is 29.8 Å². The normalized spacial score (nSPS) is 20.8. The Morgan fingerprint density at radius 2 is 2.20 bits per heavy atom. The van der Waals surface area contributed by atoms with Crippen LogP contribution in [0.1, 0.15) is 12.0 Å². The molecule has 6 heteroatoms. The zero-order chi connectivity index (χ0) is 14.6. The number of ether oxygens (including phenoxy) is 2. The molecule has 0 saturated carbocycles. The molecule has 0 spiro atoms. The number of benzene rings is 1. The predicted molar refractivity (Wildman–Crippen MR) is 69.0 cm³/mol. The molecule has 20 heavy (non-hydrogen) atoms. The van der Waals surface area contributed by atoms with Crippen LogP contribution in [-0.4, -0.2) is 38.2 Å². The number of rotatable bonds is 6. The molecule has 0 bridgehead atoms. The highest BCUT2D eigenvalue weighted by Gasteiger charge is 2.50. The average Bonchev–Trinajstić information content (AvgIpc) is 2.68. The number of esters is 1. The fourth-order valence-electron chi connectivity index (χ4n) is 2.16. The van der Waals surface area contributed by atoms with E-state index in [1.165, 1.54) is 0 Å². The number of nitrogens with one attached hydrogen (secondary N) is 1. The van der Waals surface area contributed by atoms with Crippen molar-refractivity contribution in [2.45, 2.75) is 24.9 Å². The number of alkyl halides is 2. The molecule has 0 aliphatic carbocycles. The second kappa shape index (κ2) is 6.17. The first kappa shape index (κ1) is 14.7. The van der Waals surface area contributed by atoms with Crippen LogP contribution in [0.3, 0.4) is 0 Å². The molecule has 0 amide bonds. The molecule has 1 fully saturated rings. The number of carbonyl (C=O) groups is 1. The van der Waals surface area contributed by atoms with Gasteiger partial charge in [0.15, 0.2) is 0 Å². The first-order valence-electron chi connectivity index (χ1n) is 6.44. The first-order valence-corrected chi connectivity index (χ1v) is 6.44. The Morgan fingerprint density at radius 3 is 2.85 bits per heavy atom. The van der Waals surface area contributed by atoms with Crippen molar-refractivity contribution in [1.82, 2.24) is 5.32 Å². The Morgan fingerprint density at radius 1 is 1.45 bits per heavy atom. The van der Waals surface area contributed by atoms with E-state index in [0.717, 1.165) is 11.3 Å². The Kier molecular flexibility index (Phi) is 4.54. The summed E-state index contributed by atoms with van der Waals surface area (Å²) in [6.07, 6.45) is -0.593. The van der Waals surface area contributed by atoms with Crippen LogP contribution in [0.5, 0.6) is 5.75 Å². The molecule has 110 valence electrons. The number of methoxy groups -OCH3 is 1. The molecule has 1 atom stereocenters. The van der Waals surface area contributed by atoms with Crippen LogP contribution < -0.4 is 10.1 Å². The summed E-state index contributed by atoms with van der Waals surface area (Å²) >= 11 is 0. The molecule has 1 aliphatic heterocycles. The lowest BCUT2D eigenvalue weighted by Crippen LogP contribution is -2.28. The summed E-state index contributed by atoms with van der Waals surface area (Å²) in [6, 6.07) is 7.62. The van der Waals surface area contributed by atoms with E-state index in [9.17, 15) is 13.6 Å². The van der Waals surface area contributed by atoms with E-state index in [0.29, 0.717) is 13.0 Å². The van der Waals surface area contributed by atoms with Crippen molar-refractivity contribution in [3.63, 3.8) is 0 Å². The van der Waals surface area contributed by atoms with Gasteiger partial charge >= 0.3 is 11.9 Å². The third-order valence-electron chi connectivity index (χ3n) is 3.19. The third kappa shape index (κ3) is 3.45. The summed E-state index contributed by atoms with van der Waals surface area (Å²) in [6.45, 7) is 0.830. The monoisotopic (exact) mass is 285 g/mol. The van der Waals surface area contributed by atoms with Gasteiger partial charge in [0.25, 0.3) is 0 Å². The third-order valence-corrected chi connectivity index (χ3v) is 3.19. The lowest BCUT2D eigenvalue weighted by Gasteiger charge is -2.11. The molecule has 4 nitrogen and oxygen atoms in total. The summed E-state index contributed by atoms with van der Waals surface area (Å²) in [5, 5.41) is 3.02. The van der Waals surface area contributed by atoms with Crippen LogP contribution in [0.4, 0.5) is 8.78 Å². The lowest BCUT2D eigenvalue weighted by molar-refractivity contribution is -0.158. The highest BCUT2D eigenvalue weighted by atomic mass is 19.3. The molecule has 1 aromatic carbocycles. The van der Waals surface area contributed by atoms with Gasteiger partial charge in [0.1, 0.15) is 11.9 Å². The van der Waals surface area contributed by atoms with Crippen molar-refractivity contribution >= 4 is 5.97 Å². The summed E-state index contributed by atoms with van der Waals surface area (Å²) < 4.78 is 35.7. The van der Waals surface area contributed by atoms with E-state index >= 15 is 0 Å². The summed E-state index contributed by atoms with van der Waals surface area (Å²) in [5.41, 5.74) is 1.04. The summed E-state index contributed by atoms with van der Waals surface area (Å²) in [5.74, 6) is -3.96. The number of cyclic esters (lactones) is 1. The molecule has 1 N–H and O–H groups in total. The molecular formula is C14H17F2NO3. The fraction of sp³-hybridized carbons (Fsp3) is 0.500. The van der Waals surface area contributed by atoms with Gasteiger partial charge in [0, 0.05) is 6.54 Å². The van der Waals surface area contributed by atoms with E-state index in [1.54, 1.807) is 7.11 Å². The van der Waals surface area contributed by atoms with E-state index in [-0.39, 0.29) is 6.54 Å². The van der Waals surface area contributed by atoms with E-state index in [2.05, 4.69) is 10.1 Å². The Hall–Kier alpha value is -1.69. The Balaban J connectivity index is 1.74. The SMILES string of the molecule is COc1ccccc1CCNCC1CC(F)(F)C(=O)O1. The van der Waals surface area contributed by atoms with E-state index in [1.807, 2.05) is 24.3 Å². The van der Waals surface area contributed by atoms with Crippen molar-refractivity contribution in [1.29, 1.82) is 0 Å². The number of hydrogen-bond donors (Lipinski definition) is 1. The highest BCUT2D eigenvalue weighted by molar-refractivity contribution is 5.79. The second-order valence-corrected chi connectivity index (χ2v) is 4.70. The van der Waals surface area contributed by atoms with Crippen molar-refractivity contribution in [3.8, 4) is 5.75 Å². The number of carbonyl (C=O) groups excluding carboxylic acids is 1. The van der Waals surface area contributed by atoms with Crippen LogP contribution in [0.25, 0.3) is 0 Å². The van der Waals surface area contributed by atoms with Gasteiger partial charge < -0.3 is 14.8 Å². The molecule has 2 rings (SSSR count). The molecule has 1 unspecified atom stereocenters. The van der Waals surface area contributed by atoms with Gasteiger partial charge in [-0.05, 0) is 24.6 Å². The predicted octanol–water partition coefficient (Wildman–Crippen LogP) is 1.78. The average molecular weight is 285 g/mol. The molecule has 1 aromatic rings. The van der Waals surface area contributed by atoms with Gasteiger partial charge in [-0.25, -0.2) is 4.79 Å². The first-order chi connectivity index (χ1) is 9.53. The Labute approximate surface area is 116 Å². The van der Waals surface area contributed by atoms with Gasteiger partial charge in [-0.1, -0.05) is 18.2 Å². The minimum absolute atomic E-state index is 0.233. The van der Waals surface area contributed by atoms with E-state index in [4.69, 9.17) is 4.74 Å². The maximum Gasteiger partial charge on any atom is 0.377 e. The molecular weight excluding hydrogens is 268 g/mol. The quantitative estimate of drug-likeness (QED) is 0.639. The van der Waals surface area contributed by atoms with Gasteiger partial charge in [0.05, 0.1) is 13.5 Å². The minimum atomic E-state index is -3.34. The van der Waals surface area contributed by atoms with Crippen molar-refractivity contribution in [2.75, 3.05) is 20.2 Å². The van der Waals surface area contributed by atoms with Gasteiger partial charge in [-0.15, -0.1) is 0 Å². The van der Waals surface area contributed by atoms with Crippen LogP contribution >= 0.6 is 0 Å². The maximum atomic E-state index is 12.9. The molecule has 1 aliphatic rings. The van der Waals surface area contributed by atoms with Crippen molar-refractivity contribution in [2.24, 2.45) is 0 Å². The van der Waals surface area contributed by atoms with Crippen LogP contribution in [0.2, 0.25) is 0 Å². The standard InChI is InChI=1S/C14H17F2NO3/c1-19-12-5-3-2-4-10(12)6-7-17-9-11-8-14(15,16)13(18)20-11/h2-5,11,17H,6-9H2,1H3. The molecule has 0 aromatic heterocycles. The summed E-state index contributed by atoms with van der Waals surface area (Å²) in [7, 11) is 1.60. The number of hydrogen-bond acceptors (Lipinski definition) is 4. The largest absolute Gasteiger partial charge is 0.496 e. The Bertz CT molecular complexity index is 479. The highest BCUT2D eigenvalue weighted by Crippen LogP contribution is 2.30. The van der Waals surface area contributed by atoms with Crippen molar-refractivity contribution < 1.29 is 23.0 Å². The fourth-order valence-corrected chi connectivity index (χ4v) is 2.16. The molecule has 1 saturated heterocycles. The maximum absolute atomic E-state index is 12.9. The van der Waals surface area contributed by atoms with Gasteiger partial charge in [0.2, 0.25) is 0 Å².